The number of carbonyl (C=O) groups excluding carboxylic acids is 1. The Morgan fingerprint density at radius 2 is 1.93 bits per heavy atom. The molecular formula is C19H24N6O2. The Bertz CT molecular complexity index is 1030. The largest absolute Gasteiger partial charge is 0.355 e. The average molecular weight is 368 g/mol. The third kappa shape index (κ3) is 3.69. The molecule has 1 aromatic carbocycles. The highest BCUT2D eigenvalue weighted by Gasteiger charge is 2.20. The topological polar surface area (TPSA) is 95.9 Å². The molecule has 0 spiro atoms. The Labute approximate surface area is 157 Å². The third-order valence-electron chi connectivity index (χ3n) is 4.29. The van der Waals surface area contributed by atoms with E-state index in [0.717, 1.165) is 5.56 Å². The van der Waals surface area contributed by atoms with Crippen molar-refractivity contribution < 1.29 is 4.79 Å². The Morgan fingerprint density at radius 3 is 2.52 bits per heavy atom. The van der Waals surface area contributed by atoms with Crippen molar-refractivity contribution in [3.8, 4) is 0 Å². The van der Waals surface area contributed by atoms with Crippen molar-refractivity contribution in [2.45, 2.75) is 32.9 Å². The van der Waals surface area contributed by atoms with Crippen LogP contribution in [0.2, 0.25) is 0 Å². The number of aromatic amines is 1. The lowest BCUT2D eigenvalue weighted by Gasteiger charge is -2.21. The summed E-state index contributed by atoms with van der Waals surface area (Å²) in [7, 11) is 3.46. The van der Waals surface area contributed by atoms with Crippen LogP contribution in [0.5, 0.6) is 0 Å². The number of hydrogen-bond donors (Lipinski definition) is 2. The van der Waals surface area contributed by atoms with Crippen molar-refractivity contribution in [1.82, 2.24) is 25.1 Å². The van der Waals surface area contributed by atoms with Crippen LogP contribution in [0.15, 0.2) is 35.3 Å². The number of H-pyrrole nitrogens is 1. The standard InChI is InChI=1S/C19H24N6O2/c1-19(2,3)25-15-14(10-21-25)17(27)23-18(22-15)24(5)11-12-6-8-13(9-7-12)16(26)20-4/h6-10H,11H2,1-5H3,(H,20,26)(H,22,23,27). The van der Waals surface area contributed by atoms with Gasteiger partial charge in [-0.15, -0.1) is 0 Å². The van der Waals surface area contributed by atoms with E-state index in [9.17, 15) is 9.59 Å². The number of anilines is 1. The molecule has 0 fully saturated rings. The van der Waals surface area contributed by atoms with E-state index < -0.39 is 0 Å². The Balaban J connectivity index is 1.90. The van der Waals surface area contributed by atoms with Gasteiger partial charge in [0.25, 0.3) is 11.5 Å². The monoisotopic (exact) mass is 368 g/mol. The first-order valence-corrected chi connectivity index (χ1v) is 8.71. The second-order valence-electron chi connectivity index (χ2n) is 7.49. The van der Waals surface area contributed by atoms with Crippen LogP contribution in [-0.4, -0.2) is 39.8 Å². The molecule has 0 saturated heterocycles. The van der Waals surface area contributed by atoms with E-state index in [4.69, 9.17) is 0 Å². The zero-order valence-corrected chi connectivity index (χ0v) is 16.2. The molecule has 2 aromatic heterocycles. The van der Waals surface area contributed by atoms with Gasteiger partial charge in [-0.1, -0.05) is 12.1 Å². The summed E-state index contributed by atoms with van der Waals surface area (Å²) in [5, 5.41) is 7.39. The van der Waals surface area contributed by atoms with E-state index >= 15 is 0 Å². The minimum Gasteiger partial charge on any atom is -0.355 e. The summed E-state index contributed by atoms with van der Waals surface area (Å²) >= 11 is 0. The molecule has 3 aromatic rings. The van der Waals surface area contributed by atoms with Gasteiger partial charge in [-0.3, -0.25) is 14.6 Å². The minimum atomic E-state index is -0.284. The van der Waals surface area contributed by atoms with Crippen molar-refractivity contribution in [3.05, 3.63) is 51.9 Å². The van der Waals surface area contributed by atoms with Crippen LogP contribution in [0.1, 0.15) is 36.7 Å². The van der Waals surface area contributed by atoms with Gasteiger partial charge in [0.05, 0.1) is 11.7 Å². The normalized spacial score (nSPS) is 11.6. The lowest BCUT2D eigenvalue weighted by atomic mass is 10.1. The molecule has 0 aliphatic rings. The smallest absolute Gasteiger partial charge is 0.263 e. The molecule has 0 aliphatic carbocycles. The van der Waals surface area contributed by atoms with Crippen LogP contribution >= 0.6 is 0 Å². The van der Waals surface area contributed by atoms with Crippen molar-refractivity contribution in [1.29, 1.82) is 0 Å². The summed E-state index contributed by atoms with van der Waals surface area (Å²) in [6.45, 7) is 6.57. The molecule has 3 rings (SSSR count). The van der Waals surface area contributed by atoms with E-state index in [-0.39, 0.29) is 17.0 Å². The van der Waals surface area contributed by atoms with Gasteiger partial charge < -0.3 is 10.2 Å². The molecule has 27 heavy (non-hydrogen) atoms. The van der Waals surface area contributed by atoms with E-state index in [1.54, 1.807) is 30.1 Å². The van der Waals surface area contributed by atoms with Crippen LogP contribution < -0.4 is 15.8 Å². The lowest BCUT2D eigenvalue weighted by Crippen LogP contribution is -2.26. The first-order chi connectivity index (χ1) is 12.7. The molecule has 0 radical (unpaired) electrons. The van der Waals surface area contributed by atoms with E-state index in [1.165, 1.54) is 0 Å². The molecule has 0 bridgehead atoms. The fourth-order valence-corrected chi connectivity index (χ4v) is 2.83. The van der Waals surface area contributed by atoms with Gasteiger partial charge in [0.2, 0.25) is 5.95 Å². The molecule has 2 N–H and O–H groups in total. The van der Waals surface area contributed by atoms with Crippen LogP contribution in [0.3, 0.4) is 0 Å². The fraction of sp³-hybridized carbons (Fsp3) is 0.368. The number of amides is 1. The summed E-state index contributed by atoms with van der Waals surface area (Å²) in [6, 6.07) is 7.32. The van der Waals surface area contributed by atoms with Crippen molar-refractivity contribution in [2.75, 3.05) is 19.0 Å². The van der Waals surface area contributed by atoms with E-state index in [1.807, 2.05) is 44.9 Å². The predicted octanol–water partition coefficient (Wildman–Crippen LogP) is 1.87. The molecule has 0 unspecified atom stereocenters. The maximum atomic E-state index is 12.4. The lowest BCUT2D eigenvalue weighted by molar-refractivity contribution is 0.0963. The van der Waals surface area contributed by atoms with Crippen molar-refractivity contribution in [2.24, 2.45) is 0 Å². The molecule has 8 heteroatoms. The van der Waals surface area contributed by atoms with Crippen LogP contribution in [0.25, 0.3) is 11.0 Å². The van der Waals surface area contributed by atoms with Crippen molar-refractivity contribution in [3.63, 3.8) is 0 Å². The van der Waals surface area contributed by atoms with Crippen LogP contribution in [-0.2, 0) is 12.1 Å². The highest BCUT2D eigenvalue weighted by atomic mass is 16.1. The zero-order chi connectivity index (χ0) is 19.8. The first-order valence-electron chi connectivity index (χ1n) is 8.71. The Kier molecular flexibility index (Phi) is 4.73. The second kappa shape index (κ2) is 6.86. The van der Waals surface area contributed by atoms with Gasteiger partial charge in [0.15, 0.2) is 5.65 Å². The zero-order valence-electron chi connectivity index (χ0n) is 16.2. The average Bonchev–Trinajstić information content (AvgIpc) is 3.06. The van der Waals surface area contributed by atoms with E-state index in [0.29, 0.717) is 29.1 Å². The van der Waals surface area contributed by atoms with Crippen molar-refractivity contribution >= 4 is 22.9 Å². The number of nitrogens with zero attached hydrogens (tertiary/aromatic N) is 4. The second-order valence-corrected chi connectivity index (χ2v) is 7.49. The maximum absolute atomic E-state index is 12.4. The number of nitrogens with one attached hydrogen (secondary N) is 2. The fourth-order valence-electron chi connectivity index (χ4n) is 2.83. The Morgan fingerprint density at radius 1 is 1.26 bits per heavy atom. The third-order valence-corrected chi connectivity index (χ3v) is 4.29. The molecule has 0 atom stereocenters. The molecule has 1 amide bonds. The number of hydrogen-bond acceptors (Lipinski definition) is 5. The number of benzene rings is 1. The summed E-state index contributed by atoms with van der Waals surface area (Å²) in [5.74, 6) is 0.343. The molecule has 0 aliphatic heterocycles. The molecule has 0 saturated carbocycles. The first kappa shape index (κ1) is 18.6. The number of carbonyl (C=O) groups is 1. The quantitative estimate of drug-likeness (QED) is 0.733. The van der Waals surface area contributed by atoms with Crippen LogP contribution in [0.4, 0.5) is 5.95 Å². The SMILES string of the molecule is CNC(=O)c1ccc(CN(C)c2nc3c(cnn3C(C)(C)C)c(=O)[nH]2)cc1. The Hall–Kier alpha value is -3.16. The van der Waals surface area contributed by atoms with Crippen LogP contribution in [0, 0.1) is 0 Å². The summed E-state index contributed by atoms with van der Waals surface area (Å²) in [5.41, 5.74) is 1.66. The molecule has 8 nitrogen and oxygen atoms in total. The van der Waals surface area contributed by atoms with Gasteiger partial charge in [-0.25, -0.2) is 4.68 Å². The summed E-state index contributed by atoms with van der Waals surface area (Å²) < 4.78 is 1.76. The summed E-state index contributed by atoms with van der Waals surface area (Å²) in [4.78, 5) is 33.4. The van der Waals surface area contributed by atoms with Gasteiger partial charge in [0.1, 0.15) is 5.39 Å². The highest BCUT2D eigenvalue weighted by Crippen LogP contribution is 2.20. The van der Waals surface area contributed by atoms with Gasteiger partial charge in [-0.2, -0.15) is 10.1 Å². The predicted molar refractivity (Wildman–Crippen MR) is 105 cm³/mol. The van der Waals surface area contributed by atoms with Gasteiger partial charge in [0, 0.05) is 26.2 Å². The molecular weight excluding hydrogens is 344 g/mol. The van der Waals surface area contributed by atoms with Gasteiger partial charge >= 0.3 is 0 Å². The summed E-state index contributed by atoms with van der Waals surface area (Å²) in [6.07, 6.45) is 1.55. The number of fused-ring (bicyclic) bond motifs is 1. The highest BCUT2D eigenvalue weighted by molar-refractivity contribution is 5.93. The number of rotatable bonds is 4. The minimum absolute atomic E-state index is 0.123. The molecule has 142 valence electrons. The maximum Gasteiger partial charge on any atom is 0.263 e. The van der Waals surface area contributed by atoms with E-state index in [2.05, 4.69) is 20.4 Å². The molecule has 2 heterocycles. The van der Waals surface area contributed by atoms with Gasteiger partial charge in [-0.05, 0) is 38.5 Å². The number of aromatic nitrogens is 4.